The van der Waals surface area contributed by atoms with E-state index >= 15 is 0 Å². The highest BCUT2D eigenvalue weighted by Gasteiger charge is 2.20. The first kappa shape index (κ1) is 19.9. The van der Waals surface area contributed by atoms with Crippen LogP contribution in [0.4, 0.5) is 5.69 Å². The summed E-state index contributed by atoms with van der Waals surface area (Å²) in [7, 11) is 0. The number of hydrogen-bond donors (Lipinski definition) is 1. The van der Waals surface area contributed by atoms with Gasteiger partial charge in [0, 0.05) is 12.2 Å². The Morgan fingerprint density at radius 3 is 2.15 bits per heavy atom. The fourth-order valence-corrected chi connectivity index (χ4v) is 4.31. The van der Waals surface area contributed by atoms with Gasteiger partial charge in [-0.1, -0.05) is 61.9 Å². The van der Waals surface area contributed by atoms with Crippen LogP contribution in [0, 0.1) is 6.92 Å². The second-order valence-electron chi connectivity index (χ2n) is 7.97. The Labute approximate surface area is 166 Å². The zero-order valence-corrected chi connectivity index (χ0v) is 17.4. The van der Waals surface area contributed by atoms with Crippen LogP contribution in [-0.2, 0) is 12.8 Å². The van der Waals surface area contributed by atoms with E-state index in [1.807, 2.05) is 0 Å². The number of para-hydroxylation sites is 1. The average molecular weight is 365 g/mol. The number of anilines is 1. The van der Waals surface area contributed by atoms with Crippen LogP contribution in [-0.4, -0.2) is 31.1 Å². The van der Waals surface area contributed by atoms with Crippen LogP contribution in [0.25, 0.3) is 0 Å². The van der Waals surface area contributed by atoms with Crippen molar-refractivity contribution in [1.82, 2.24) is 4.90 Å². The van der Waals surface area contributed by atoms with Crippen molar-refractivity contribution in [3.63, 3.8) is 0 Å². The van der Waals surface area contributed by atoms with Crippen LogP contribution in [0.2, 0.25) is 0 Å². The minimum atomic E-state index is 0.753. The molecule has 1 fully saturated rings. The summed E-state index contributed by atoms with van der Waals surface area (Å²) < 4.78 is 0. The number of nitrogens with zero attached hydrogens (tertiary/aromatic N) is 1. The predicted octanol–water partition coefficient (Wildman–Crippen LogP) is 5.80. The Morgan fingerprint density at radius 2 is 1.56 bits per heavy atom. The predicted molar refractivity (Wildman–Crippen MR) is 118 cm³/mol. The number of nitrogens with one attached hydrogen (secondary N) is 1. The fourth-order valence-electron chi connectivity index (χ4n) is 4.31. The highest BCUT2D eigenvalue weighted by molar-refractivity contribution is 5.57. The zero-order chi connectivity index (χ0) is 19.1. The Kier molecular flexibility index (Phi) is 7.34. The molecule has 0 bridgehead atoms. The number of likely N-dealkylation sites (tertiary alicyclic amines) is 1. The summed E-state index contributed by atoms with van der Waals surface area (Å²) in [5.74, 6) is 0.753. The highest BCUT2D eigenvalue weighted by atomic mass is 15.1. The van der Waals surface area contributed by atoms with Gasteiger partial charge in [-0.3, -0.25) is 0 Å². The highest BCUT2D eigenvalue weighted by Crippen LogP contribution is 2.28. The maximum atomic E-state index is 3.74. The fraction of sp³-hybridized carbons (Fsp3) is 0.520. The van der Waals surface area contributed by atoms with Gasteiger partial charge in [-0.2, -0.15) is 0 Å². The lowest BCUT2D eigenvalue weighted by molar-refractivity contribution is 0.212. The first-order valence-corrected chi connectivity index (χ1v) is 10.8. The minimum absolute atomic E-state index is 0.753. The maximum absolute atomic E-state index is 3.74. The van der Waals surface area contributed by atoms with E-state index in [1.165, 1.54) is 66.8 Å². The molecule has 0 atom stereocenters. The molecule has 0 unspecified atom stereocenters. The standard InChI is InChI=1S/C25H36N2/c1-4-21-8-6-9-22(5-2)25(21)26-16-7-17-27-18-14-24(15-19-27)23-12-10-20(3)11-13-23/h6,8-13,24,26H,4-5,7,14-19H2,1-3H3. The lowest BCUT2D eigenvalue weighted by Crippen LogP contribution is -2.34. The largest absolute Gasteiger partial charge is 0.385 e. The molecule has 0 amide bonds. The van der Waals surface area contributed by atoms with E-state index in [1.54, 1.807) is 0 Å². The summed E-state index contributed by atoms with van der Waals surface area (Å²) in [4.78, 5) is 2.65. The van der Waals surface area contributed by atoms with Crippen LogP contribution >= 0.6 is 0 Å². The van der Waals surface area contributed by atoms with E-state index in [-0.39, 0.29) is 0 Å². The summed E-state index contributed by atoms with van der Waals surface area (Å²) in [5.41, 5.74) is 7.19. The summed E-state index contributed by atoms with van der Waals surface area (Å²) in [6, 6.07) is 15.9. The van der Waals surface area contributed by atoms with Gasteiger partial charge in [0.2, 0.25) is 0 Å². The van der Waals surface area contributed by atoms with Crippen molar-refractivity contribution in [2.75, 3.05) is 31.5 Å². The molecule has 1 aliphatic heterocycles. The van der Waals surface area contributed by atoms with E-state index in [9.17, 15) is 0 Å². The monoisotopic (exact) mass is 364 g/mol. The average Bonchev–Trinajstić information content (AvgIpc) is 2.72. The van der Waals surface area contributed by atoms with Crippen LogP contribution < -0.4 is 5.32 Å². The molecular weight excluding hydrogens is 328 g/mol. The summed E-state index contributed by atoms with van der Waals surface area (Å²) in [6.07, 6.45) is 6.02. The molecule has 3 rings (SSSR count). The Morgan fingerprint density at radius 1 is 0.926 bits per heavy atom. The second-order valence-corrected chi connectivity index (χ2v) is 7.97. The topological polar surface area (TPSA) is 15.3 Å². The molecule has 2 nitrogen and oxygen atoms in total. The first-order chi connectivity index (χ1) is 13.2. The molecule has 1 saturated heterocycles. The Balaban J connectivity index is 1.42. The van der Waals surface area contributed by atoms with Crippen molar-refractivity contribution in [1.29, 1.82) is 0 Å². The van der Waals surface area contributed by atoms with Crippen molar-refractivity contribution in [3.05, 3.63) is 64.7 Å². The van der Waals surface area contributed by atoms with E-state index in [4.69, 9.17) is 0 Å². The Hall–Kier alpha value is -1.80. The van der Waals surface area contributed by atoms with E-state index in [0.29, 0.717) is 0 Å². The molecule has 2 aromatic rings. The molecule has 1 aliphatic rings. The normalized spacial score (nSPS) is 15.8. The van der Waals surface area contributed by atoms with Gasteiger partial charge in [-0.25, -0.2) is 0 Å². The van der Waals surface area contributed by atoms with Crippen LogP contribution in [0.15, 0.2) is 42.5 Å². The first-order valence-electron chi connectivity index (χ1n) is 10.8. The molecule has 0 aromatic heterocycles. The molecule has 1 N–H and O–H groups in total. The number of rotatable bonds is 8. The van der Waals surface area contributed by atoms with Gasteiger partial charge >= 0.3 is 0 Å². The molecule has 0 saturated carbocycles. The van der Waals surface area contributed by atoms with Gasteiger partial charge in [0.1, 0.15) is 0 Å². The SMILES string of the molecule is CCc1cccc(CC)c1NCCCN1CCC(c2ccc(C)cc2)CC1. The van der Waals surface area contributed by atoms with Crippen molar-refractivity contribution in [3.8, 4) is 0 Å². The van der Waals surface area contributed by atoms with Crippen LogP contribution in [0.5, 0.6) is 0 Å². The zero-order valence-electron chi connectivity index (χ0n) is 17.4. The molecule has 27 heavy (non-hydrogen) atoms. The maximum Gasteiger partial charge on any atom is 0.0405 e. The molecule has 0 aliphatic carbocycles. The summed E-state index contributed by atoms with van der Waals surface area (Å²) >= 11 is 0. The number of aryl methyl sites for hydroxylation is 3. The third-order valence-corrected chi connectivity index (χ3v) is 6.09. The van der Waals surface area contributed by atoms with Crippen molar-refractivity contribution < 1.29 is 0 Å². The van der Waals surface area contributed by atoms with Gasteiger partial charge in [-0.05, 0) is 81.3 Å². The number of hydrogen-bond acceptors (Lipinski definition) is 2. The van der Waals surface area contributed by atoms with E-state index in [0.717, 1.165) is 25.3 Å². The molecular formula is C25H36N2. The van der Waals surface area contributed by atoms with Gasteiger partial charge < -0.3 is 10.2 Å². The smallest absolute Gasteiger partial charge is 0.0405 e. The molecule has 2 aromatic carbocycles. The minimum Gasteiger partial charge on any atom is -0.385 e. The number of piperidine rings is 1. The summed E-state index contributed by atoms with van der Waals surface area (Å²) in [5, 5.41) is 3.74. The van der Waals surface area contributed by atoms with Crippen molar-refractivity contribution in [2.24, 2.45) is 0 Å². The van der Waals surface area contributed by atoms with Gasteiger partial charge in [0.05, 0.1) is 0 Å². The molecule has 0 spiro atoms. The summed E-state index contributed by atoms with van der Waals surface area (Å²) in [6.45, 7) is 11.4. The Bertz CT molecular complexity index is 675. The molecule has 2 heteroatoms. The molecule has 146 valence electrons. The number of benzene rings is 2. The third kappa shape index (κ3) is 5.35. The van der Waals surface area contributed by atoms with Crippen molar-refractivity contribution in [2.45, 2.75) is 58.8 Å². The second kappa shape index (κ2) is 9.94. The quantitative estimate of drug-likeness (QED) is 0.595. The van der Waals surface area contributed by atoms with Crippen molar-refractivity contribution >= 4 is 5.69 Å². The third-order valence-electron chi connectivity index (χ3n) is 6.09. The molecule has 0 radical (unpaired) electrons. The lowest BCUT2D eigenvalue weighted by Gasteiger charge is -2.32. The van der Waals surface area contributed by atoms with E-state index in [2.05, 4.69) is 73.5 Å². The lowest BCUT2D eigenvalue weighted by atomic mass is 9.89. The van der Waals surface area contributed by atoms with Crippen LogP contribution in [0.1, 0.15) is 61.3 Å². The molecule has 1 heterocycles. The van der Waals surface area contributed by atoms with E-state index < -0.39 is 0 Å². The van der Waals surface area contributed by atoms with Gasteiger partial charge in [0.15, 0.2) is 0 Å². The van der Waals surface area contributed by atoms with Gasteiger partial charge in [-0.15, -0.1) is 0 Å². The van der Waals surface area contributed by atoms with Crippen LogP contribution in [0.3, 0.4) is 0 Å². The van der Waals surface area contributed by atoms with Gasteiger partial charge in [0.25, 0.3) is 0 Å².